The van der Waals surface area contributed by atoms with E-state index < -0.39 is 0 Å². The van der Waals surface area contributed by atoms with Crippen molar-refractivity contribution in [1.29, 1.82) is 0 Å². The van der Waals surface area contributed by atoms with Gasteiger partial charge in [0.05, 0.1) is 0 Å². The van der Waals surface area contributed by atoms with Gasteiger partial charge in [-0.05, 0) is 50.4 Å². The molecule has 2 heteroatoms. The predicted molar refractivity (Wildman–Crippen MR) is 90.6 cm³/mol. The van der Waals surface area contributed by atoms with Gasteiger partial charge in [0, 0.05) is 31.7 Å². The number of nitrogens with zero attached hydrogens (tertiary/aromatic N) is 1. The van der Waals surface area contributed by atoms with Gasteiger partial charge < -0.3 is 5.32 Å². The molecule has 2 saturated carbocycles. The van der Waals surface area contributed by atoms with Crippen molar-refractivity contribution in [2.75, 3.05) is 19.6 Å². The lowest BCUT2D eigenvalue weighted by Gasteiger charge is -2.46. The number of rotatable bonds is 4. The summed E-state index contributed by atoms with van der Waals surface area (Å²) in [5.41, 5.74) is 0.655. The van der Waals surface area contributed by atoms with Gasteiger partial charge in [0.15, 0.2) is 0 Å². The first-order valence-electron chi connectivity index (χ1n) is 9.70. The molecule has 0 amide bonds. The highest BCUT2D eigenvalue weighted by atomic mass is 15.2. The Balaban J connectivity index is 1.60. The number of nitrogens with one attached hydrogen (secondary N) is 1. The Morgan fingerprint density at radius 3 is 2.43 bits per heavy atom. The molecule has 0 aromatic carbocycles. The van der Waals surface area contributed by atoms with Gasteiger partial charge >= 0.3 is 0 Å². The summed E-state index contributed by atoms with van der Waals surface area (Å²) in [4.78, 5) is 2.85. The minimum atomic E-state index is 0.655. The Morgan fingerprint density at radius 1 is 1.05 bits per heavy atom. The van der Waals surface area contributed by atoms with Crippen molar-refractivity contribution < 1.29 is 0 Å². The van der Waals surface area contributed by atoms with Crippen LogP contribution >= 0.6 is 0 Å². The highest BCUT2D eigenvalue weighted by Crippen LogP contribution is 2.42. The summed E-state index contributed by atoms with van der Waals surface area (Å²) < 4.78 is 0. The van der Waals surface area contributed by atoms with Crippen LogP contribution < -0.4 is 5.32 Å². The quantitative estimate of drug-likeness (QED) is 0.835. The summed E-state index contributed by atoms with van der Waals surface area (Å²) >= 11 is 0. The second-order valence-electron chi connectivity index (χ2n) is 8.25. The van der Waals surface area contributed by atoms with Crippen molar-refractivity contribution in [2.45, 2.75) is 90.1 Å². The maximum absolute atomic E-state index is 3.88. The fourth-order valence-corrected chi connectivity index (χ4v) is 5.20. The van der Waals surface area contributed by atoms with Crippen LogP contribution in [0.5, 0.6) is 0 Å². The molecule has 0 aromatic rings. The molecule has 0 radical (unpaired) electrons. The van der Waals surface area contributed by atoms with Crippen LogP contribution in [0.2, 0.25) is 0 Å². The molecule has 1 aliphatic heterocycles. The zero-order valence-electron chi connectivity index (χ0n) is 14.4. The van der Waals surface area contributed by atoms with Crippen molar-refractivity contribution in [3.8, 4) is 0 Å². The maximum atomic E-state index is 3.88. The Bertz CT molecular complexity index is 316. The van der Waals surface area contributed by atoms with Crippen molar-refractivity contribution in [3.63, 3.8) is 0 Å². The molecule has 1 heterocycles. The first-order chi connectivity index (χ1) is 10.2. The van der Waals surface area contributed by atoms with E-state index in [0.717, 1.165) is 18.0 Å². The Hall–Kier alpha value is -0.0800. The molecular weight excluding hydrogens is 256 g/mol. The topological polar surface area (TPSA) is 15.3 Å². The van der Waals surface area contributed by atoms with E-state index in [9.17, 15) is 0 Å². The minimum Gasteiger partial charge on any atom is -0.311 e. The van der Waals surface area contributed by atoms with Crippen molar-refractivity contribution >= 4 is 0 Å². The molecule has 3 fully saturated rings. The fraction of sp³-hybridized carbons (Fsp3) is 1.00. The number of piperazine rings is 1. The molecule has 0 bridgehead atoms. The second-order valence-corrected chi connectivity index (χ2v) is 8.25. The van der Waals surface area contributed by atoms with Gasteiger partial charge in [-0.2, -0.15) is 0 Å². The monoisotopic (exact) mass is 292 g/mol. The average Bonchev–Trinajstić information content (AvgIpc) is 2.99. The Kier molecular flexibility index (Phi) is 5.27. The maximum Gasteiger partial charge on any atom is 0.0224 e. The molecule has 122 valence electrons. The Labute approximate surface area is 132 Å². The van der Waals surface area contributed by atoms with Crippen LogP contribution in [0.15, 0.2) is 0 Å². The summed E-state index contributed by atoms with van der Waals surface area (Å²) in [6.45, 7) is 8.75. The molecule has 21 heavy (non-hydrogen) atoms. The number of hydrogen-bond acceptors (Lipinski definition) is 2. The molecular formula is C19H36N2. The molecule has 2 unspecified atom stereocenters. The third-order valence-corrected chi connectivity index (χ3v) is 6.90. The van der Waals surface area contributed by atoms with Gasteiger partial charge in [0.25, 0.3) is 0 Å². The second kappa shape index (κ2) is 7.00. The van der Waals surface area contributed by atoms with Crippen LogP contribution in [0.1, 0.15) is 78.1 Å². The van der Waals surface area contributed by atoms with Crippen LogP contribution in [0.25, 0.3) is 0 Å². The van der Waals surface area contributed by atoms with Gasteiger partial charge in [-0.15, -0.1) is 0 Å². The van der Waals surface area contributed by atoms with Crippen molar-refractivity contribution in [3.05, 3.63) is 0 Å². The molecule has 2 aliphatic carbocycles. The van der Waals surface area contributed by atoms with E-state index in [-0.39, 0.29) is 0 Å². The fourth-order valence-electron chi connectivity index (χ4n) is 5.20. The van der Waals surface area contributed by atoms with Gasteiger partial charge in [-0.25, -0.2) is 0 Å². The molecule has 2 nitrogen and oxygen atoms in total. The first kappa shape index (κ1) is 15.8. The van der Waals surface area contributed by atoms with E-state index >= 15 is 0 Å². The van der Waals surface area contributed by atoms with E-state index in [1.807, 2.05) is 0 Å². The molecule has 0 aromatic heterocycles. The van der Waals surface area contributed by atoms with E-state index in [1.165, 1.54) is 83.8 Å². The first-order valence-corrected chi connectivity index (χ1v) is 9.70. The SMILES string of the molecule is CCC1(CN2CC(C3CCCCC3)NCC2C)CCCC1. The zero-order chi connectivity index (χ0) is 14.7. The molecule has 3 aliphatic rings. The minimum absolute atomic E-state index is 0.655. The van der Waals surface area contributed by atoms with Crippen LogP contribution in [0.4, 0.5) is 0 Å². The van der Waals surface area contributed by atoms with Crippen LogP contribution in [0.3, 0.4) is 0 Å². The van der Waals surface area contributed by atoms with Gasteiger partial charge in [-0.1, -0.05) is 39.0 Å². The lowest BCUT2D eigenvalue weighted by molar-refractivity contribution is 0.0577. The molecule has 1 saturated heterocycles. The normalized spacial score (nSPS) is 35.1. The third kappa shape index (κ3) is 3.64. The summed E-state index contributed by atoms with van der Waals surface area (Å²) in [7, 11) is 0. The van der Waals surface area contributed by atoms with Crippen molar-refractivity contribution in [1.82, 2.24) is 10.2 Å². The van der Waals surface area contributed by atoms with Gasteiger partial charge in [0.2, 0.25) is 0 Å². The van der Waals surface area contributed by atoms with Gasteiger partial charge in [-0.3, -0.25) is 4.90 Å². The summed E-state index contributed by atoms with van der Waals surface area (Å²) in [6.07, 6.45) is 14.6. The van der Waals surface area contributed by atoms with Gasteiger partial charge in [0.1, 0.15) is 0 Å². The Morgan fingerprint density at radius 2 is 1.76 bits per heavy atom. The molecule has 2 atom stereocenters. The summed E-state index contributed by atoms with van der Waals surface area (Å²) in [5, 5.41) is 3.88. The average molecular weight is 293 g/mol. The summed E-state index contributed by atoms with van der Waals surface area (Å²) in [6, 6.07) is 1.51. The van der Waals surface area contributed by atoms with E-state index in [4.69, 9.17) is 0 Å². The smallest absolute Gasteiger partial charge is 0.0224 e. The largest absolute Gasteiger partial charge is 0.311 e. The van der Waals surface area contributed by atoms with E-state index in [0.29, 0.717) is 5.41 Å². The highest BCUT2D eigenvalue weighted by molar-refractivity contribution is 4.93. The molecule has 3 rings (SSSR count). The van der Waals surface area contributed by atoms with E-state index in [2.05, 4.69) is 24.1 Å². The standard InChI is InChI=1S/C19H36N2/c1-3-19(11-7-8-12-19)15-21-14-18(20-13-16(21)2)17-9-5-4-6-10-17/h16-18,20H,3-15H2,1-2H3. The van der Waals surface area contributed by atoms with Crippen LogP contribution in [-0.2, 0) is 0 Å². The highest BCUT2D eigenvalue weighted by Gasteiger charge is 2.38. The number of hydrogen-bond donors (Lipinski definition) is 1. The van der Waals surface area contributed by atoms with Crippen LogP contribution in [-0.4, -0.2) is 36.6 Å². The molecule has 1 N–H and O–H groups in total. The molecule has 0 spiro atoms. The lowest BCUT2D eigenvalue weighted by atomic mass is 9.80. The van der Waals surface area contributed by atoms with E-state index in [1.54, 1.807) is 0 Å². The van der Waals surface area contributed by atoms with Crippen LogP contribution in [0, 0.1) is 11.3 Å². The summed E-state index contributed by atoms with van der Waals surface area (Å²) in [5.74, 6) is 0.954. The van der Waals surface area contributed by atoms with Crippen molar-refractivity contribution in [2.24, 2.45) is 11.3 Å². The zero-order valence-corrected chi connectivity index (χ0v) is 14.4. The lowest BCUT2D eigenvalue weighted by Crippen LogP contribution is -2.59. The third-order valence-electron chi connectivity index (χ3n) is 6.90. The predicted octanol–water partition coefficient (Wildman–Crippen LogP) is 4.20.